The third-order valence-electron chi connectivity index (χ3n) is 13.3. The second kappa shape index (κ2) is 11.0. The number of ether oxygens (including phenoxy) is 1. The number of benzene rings is 1. The second-order valence-corrected chi connectivity index (χ2v) is 15.2. The van der Waals surface area contributed by atoms with Crippen molar-refractivity contribution < 1.29 is 24.2 Å². The Morgan fingerprint density at radius 3 is 2.44 bits per heavy atom. The topological polar surface area (TPSA) is 98.5 Å². The fourth-order valence-corrected chi connectivity index (χ4v) is 12.0. The summed E-state index contributed by atoms with van der Waals surface area (Å²) in [6.45, 7) is 12.1. The van der Waals surface area contributed by atoms with Gasteiger partial charge in [-0.2, -0.15) is 0 Å². The number of aromatic nitrogens is 2. The maximum atomic E-state index is 12.5. The molecule has 5 aliphatic rings. The number of aryl methyl sites for hydroxylation is 1. The molecule has 0 aliphatic heterocycles. The summed E-state index contributed by atoms with van der Waals surface area (Å²) in [4.78, 5) is 38.1. The maximum absolute atomic E-state index is 12.5. The number of para-hydroxylation sites is 2. The molecule has 0 radical (unpaired) electrons. The van der Waals surface area contributed by atoms with E-state index < -0.39 is 5.97 Å². The zero-order chi connectivity index (χ0) is 30.8. The van der Waals surface area contributed by atoms with Crippen LogP contribution in [0.4, 0.5) is 0 Å². The highest BCUT2D eigenvalue weighted by molar-refractivity contribution is 5.89. The highest BCUT2D eigenvalue weighted by Crippen LogP contribution is 2.78. The second-order valence-electron chi connectivity index (χ2n) is 15.2. The lowest BCUT2D eigenvalue weighted by Gasteiger charge is -2.55. The van der Waals surface area contributed by atoms with Crippen LogP contribution in [0.1, 0.15) is 104 Å². The van der Waals surface area contributed by atoms with Crippen LogP contribution in [0.25, 0.3) is 11.0 Å². The molecule has 43 heavy (non-hydrogen) atoms. The summed E-state index contributed by atoms with van der Waals surface area (Å²) in [5.41, 5.74) is 2.74. The highest BCUT2D eigenvalue weighted by atomic mass is 16.5. The van der Waals surface area contributed by atoms with Gasteiger partial charge in [-0.15, -0.1) is 0 Å². The molecular weight excluding hydrogens is 540 g/mol. The maximum Gasteiger partial charge on any atom is 0.302 e. The number of carbonyl (C=O) groups excluding carboxylic acids is 2. The van der Waals surface area contributed by atoms with Gasteiger partial charge in [0.05, 0.1) is 11.0 Å². The van der Waals surface area contributed by atoms with Crippen molar-refractivity contribution in [3.63, 3.8) is 0 Å². The average molecular weight is 591 g/mol. The number of hydrogen-bond acceptors (Lipinski definition) is 5. The Morgan fingerprint density at radius 2 is 1.74 bits per heavy atom. The molecule has 0 saturated heterocycles. The first kappa shape index (κ1) is 30.3. The minimum Gasteiger partial charge on any atom is -0.481 e. The normalized spacial score (nSPS) is 39.4. The average Bonchev–Trinajstić information content (AvgIpc) is 3.57. The van der Waals surface area contributed by atoms with Gasteiger partial charge < -0.3 is 9.84 Å². The molecule has 1 N–H and O–H groups in total. The predicted molar refractivity (Wildman–Crippen MR) is 165 cm³/mol. The van der Waals surface area contributed by atoms with Crippen LogP contribution in [0.15, 0.2) is 24.3 Å². The first-order valence-corrected chi connectivity index (χ1v) is 16.7. The van der Waals surface area contributed by atoms with E-state index in [4.69, 9.17) is 19.6 Å². The lowest BCUT2D eigenvalue weighted by molar-refractivity contribution is -0.152. The van der Waals surface area contributed by atoms with Crippen LogP contribution in [0.3, 0.4) is 0 Å². The molecule has 7 nitrogen and oxygen atoms in total. The number of rotatable bonds is 5. The molecule has 5 saturated carbocycles. The van der Waals surface area contributed by atoms with E-state index in [1.807, 2.05) is 28.8 Å². The molecule has 5 aliphatic carbocycles. The molecule has 11 unspecified atom stereocenters. The van der Waals surface area contributed by atoms with Crippen molar-refractivity contribution in [2.24, 2.45) is 58.2 Å². The van der Waals surface area contributed by atoms with Crippen molar-refractivity contribution in [1.29, 1.82) is 0 Å². The molecule has 1 aromatic heterocycles. The van der Waals surface area contributed by atoms with Gasteiger partial charge in [-0.3, -0.25) is 19.0 Å². The van der Waals surface area contributed by atoms with E-state index in [1.165, 1.54) is 32.1 Å². The zero-order valence-corrected chi connectivity index (χ0v) is 26.8. The van der Waals surface area contributed by atoms with Crippen LogP contribution in [0.2, 0.25) is 0 Å². The molecule has 1 heterocycles. The number of esters is 1. The largest absolute Gasteiger partial charge is 0.481 e. The number of hydrogen-bond donors (Lipinski definition) is 1. The summed E-state index contributed by atoms with van der Waals surface area (Å²) in [5, 5.41) is 7.42. The van der Waals surface area contributed by atoms with Crippen molar-refractivity contribution in [2.75, 3.05) is 0 Å². The third-order valence-corrected chi connectivity index (χ3v) is 13.3. The van der Waals surface area contributed by atoms with Crippen molar-refractivity contribution in [3.05, 3.63) is 30.1 Å². The van der Waals surface area contributed by atoms with E-state index in [1.54, 1.807) is 13.8 Å². The van der Waals surface area contributed by atoms with Gasteiger partial charge in [-0.05, 0) is 122 Å². The van der Waals surface area contributed by atoms with Crippen molar-refractivity contribution in [2.45, 2.75) is 105 Å². The standard InChI is InChI=1S/C34H46N2O3.C2H4O2/c1-19(10-13-31-35-29-8-6-7-9-30(29)36(31)20(2)37)25-11-12-26-32-24-17-22-16-23(39-21(3)38)18-28(24)34(22,5)27(32)14-15-33(25,26)4;1-2(3)4/h6-9,19,22-28,32H,10-18H2,1-5H3;1H3,(H,3,4). The fraction of sp³-hybridized carbons (Fsp3) is 0.722. The molecule has 7 rings (SSSR count). The first-order chi connectivity index (χ1) is 20.4. The SMILES string of the molecule is CC(=O)O.CC(=O)OC1CC2CC3C4C5CCC(C(C)CCc6nc7ccccc7n6C(C)=O)C5(C)CCC4C2(C)C3C1. The van der Waals surface area contributed by atoms with Gasteiger partial charge in [0.2, 0.25) is 5.91 Å². The number of carbonyl (C=O) groups is 3. The lowest BCUT2D eigenvalue weighted by Crippen LogP contribution is -2.49. The zero-order valence-electron chi connectivity index (χ0n) is 26.8. The van der Waals surface area contributed by atoms with E-state index in [9.17, 15) is 9.59 Å². The summed E-state index contributed by atoms with van der Waals surface area (Å²) in [6, 6.07) is 8.02. The molecule has 234 valence electrons. The van der Waals surface area contributed by atoms with Crippen molar-refractivity contribution in [3.8, 4) is 0 Å². The summed E-state index contributed by atoms with van der Waals surface area (Å²) >= 11 is 0. The number of carboxylic acids is 1. The predicted octanol–water partition coefficient (Wildman–Crippen LogP) is 7.41. The summed E-state index contributed by atoms with van der Waals surface area (Å²) in [7, 11) is 0. The van der Waals surface area contributed by atoms with E-state index in [0.29, 0.717) is 16.7 Å². The van der Waals surface area contributed by atoms with Crippen LogP contribution < -0.4 is 0 Å². The minimum atomic E-state index is -0.833. The Labute approximate surface area is 256 Å². The molecule has 0 amide bonds. The van der Waals surface area contributed by atoms with E-state index >= 15 is 0 Å². The van der Waals surface area contributed by atoms with Crippen molar-refractivity contribution in [1.82, 2.24) is 9.55 Å². The van der Waals surface area contributed by atoms with Crippen molar-refractivity contribution >= 4 is 28.9 Å². The number of imidazole rings is 1. The monoisotopic (exact) mass is 590 g/mol. The number of aliphatic carboxylic acids is 1. The van der Waals surface area contributed by atoms with Gasteiger partial charge in [0, 0.05) is 27.2 Å². The fourth-order valence-electron chi connectivity index (χ4n) is 12.0. The van der Waals surface area contributed by atoms with E-state index in [0.717, 1.165) is 90.9 Å². The highest BCUT2D eigenvalue weighted by Gasteiger charge is 2.72. The van der Waals surface area contributed by atoms with Gasteiger partial charge in [-0.1, -0.05) is 32.9 Å². The Bertz CT molecular complexity index is 1410. The number of nitrogens with zero attached hydrogens (tertiary/aromatic N) is 2. The summed E-state index contributed by atoms with van der Waals surface area (Å²) in [5.74, 6) is 6.32. The van der Waals surface area contributed by atoms with Gasteiger partial charge >= 0.3 is 5.97 Å². The lowest BCUT2D eigenvalue weighted by atomic mass is 9.49. The van der Waals surface area contributed by atoms with Crippen LogP contribution in [-0.4, -0.2) is 38.6 Å². The van der Waals surface area contributed by atoms with Crippen LogP contribution in [-0.2, 0) is 20.7 Å². The molecule has 7 heteroatoms. The molecule has 11 atom stereocenters. The van der Waals surface area contributed by atoms with Crippen LogP contribution in [0, 0.1) is 58.2 Å². The molecule has 5 fully saturated rings. The van der Waals surface area contributed by atoms with Gasteiger partial charge in [-0.25, -0.2) is 4.98 Å². The van der Waals surface area contributed by atoms with E-state index in [2.05, 4.69) is 20.8 Å². The van der Waals surface area contributed by atoms with Gasteiger partial charge in [0.1, 0.15) is 11.9 Å². The van der Waals surface area contributed by atoms with Crippen LogP contribution in [0.5, 0.6) is 0 Å². The Balaban J connectivity index is 0.000000777. The quantitative estimate of drug-likeness (QED) is 0.364. The van der Waals surface area contributed by atoms with Crippen LogP contribution >= 0.6 is 0 Å². The van der Waals surface area contributed by atoms with Gasteiger partial charge in [0.25, 0.3) is 5.97 Å². The Morgan fingerprint density at radius 1 is 1.02 bits per heavy atom. The number of fused-ring (bicyclic) bond motifs is 5. The Kier molecular flexibility index (Phi) is 7.78. The smallest absolute Gasteiger partial charge is 0.302 e. The molecule has 1 aromatic carbocycles. The van der Waals surface area contributed by atoms with E-state index in [-0.39, 0.29) is 18.0 Å². The first-order valence-electron chi connectivity index (χ1n) is 16.7. The molecule has 4 bridgehead atoms. The molecule has 0 spiro atoms. The van der Waals surface area contributed by atoms with Gasteiger partial charge in [0.15, 0.2) is 0 Å². The summed E-state index contributed by atoms with van der Waals surface area (Å²) in [6.07, 6.45) is 11.2. The molecule has 2 aromatic rings. The molecular formula is C36H50N2O5. The summed E-state index contributed by atoms with van der Waals surface area (Å²) < 4.78 is 7.63. The minimum absolute atomic E-state index is 0.0588. The third kappa shape index (κ3) is 4.84. The number of carboxylic acid groups (broad SMARTS) is 1. The Hall–Kier alpha value is -2.70.